The van der Waals surface area contributed by atoms with Crippen molar-refractivity contribution in [1.82, 2.24) is 20.7 Å². The van der Waals surface area contributed by atoms with Gasteiger partial charge in [-0.2, -0.15) is 0 Å². The van der Waals surface area contributed by atoms with Gasteiger partial charge in [0, 0.05) is 54.4 Å². The number of hydrogen-bond acceptors (Lipinski definition) is 4. The number of amides is 2. The lowest BCUT2D eigenvalue weighted by atomic mass is 10.0. The first-order valence-corrected chi connectivity index (χ1v) is 13.5. The monoisotopic (exact) mass is 522 g/mol. The van der Waals surface area contributed by atoms with Gasteiger partial charge in [-0.05, 0) is 78.3 Å². The smallest absolute Gasteiger partial charge is 0.267 e. The van der Waals surface area contributed by atoms with Crippen molar-refractivity contribution < 1.29 is 14.8 Å². The summed E-state index contributed by atoms with van der Waals surface area (Å²) in [5, 5.41) is 12.9. The van der Waals surface area contributed by atoms with Crippen LogP contribution in [0.1, 0.15) is 57.6 Å². The molecule has 3 aromatic carbocycles. The number of rotatable bonds is 10. The predicted octanol–water partition coefficient (Wildman–Crippen LogP) is 5.17. The second-order valence-corrected chi connectivity index (χ2v) is 9.96. The van der Waals surface area contributed by atoms with E-state index in [0.717, 1.165) is 43.4 Å². The van der Waals surface area contributed by atoms with Crippen LogP contribution in [-0.4, -0.2) is 40.0 Å². The molecule has 1 atom stereocenters. The molecule has 39 heavy (non-hydrogen) atoms. The van der Waals surface area contributed by atoms with Crippen molar-refractivity contribution in [3.8, 4) is 0 Å². The summed E-state index contributed by atoms with van der Waals surface area (Å²) in [6.45, 7) is 4.20. The second kappa shape index (κ2) is 12.1. The number of H-pyrrole nitrogens is 1. The summed E-state index contributed by atoms with van der Waals surface area (Å²) in [6, 6.07) is 22.9. The third-order valence-corrected chi connectivity index (χ3v) is 7.47. The van der Waals surface area contributed by atoms with E-state index >= 15 is 0 Å². The van der Waals surface area contributed by atoms with E-state index < -0.39 is 5.91 Å². The van der Waals surface area contributed by atoms with Gasteiger partial charge in [0.05, 0.1) is 0 Å². The summed E-state index contributed by atoms with van der Waals surface area (Å²) >= 11 is 0. The number of hydrogen-bond donors (Lipinski definition) is 4. The molecule has 1 aliphatic carbocycles. The van der Waals surface area contributed by atoms with Crippen molar-refractivity contribution in [3.05, 3.63) is 112 Å². The lowest BCUT2D eigenvalue weighted by Gasteiger charge is -2.30. The third-order valence-electron chi connectivity index (χ3n) is 7.47. The number of fused-ring (bicyclic) bond motifs is 2. The molecule has 0 fully saturated rings. The Balaban J connectivity index is 1.38. The van der Waals surface area contributed by atoms with Crippen LogP contribution in [0.2, 0.25) is 0 Å². The summed E-state index contributed by atoms with van der Waals surface area (Å²) in [4.78, 5) is 29.6. The first-order valence-electron chi connectivity index (χ1n) is 13.5. The number of carbonyl (C=O) groups is 2. The Morgan fingerprint density at radius 3 is 2.72 bits per heavy atom. The first kappa shape index (κ1) is 26.4. The highest BCUT2D eigenvalue weighted by Gasteiger charge is 2.28. The molecule has 0 bridgehead atoms. The van der Waals surface area contributed by atoms with Crippen LogP contribution in [0.25, 0.3) is 17.0 Å². The van der Waals surface area contributed by atoms with Crippen LogP contribution in [0, 0.1) is 0 Å². The molecule has 0 aliphatic heterocycles. The minimum absolute atomic E-state index is 0.0497. The van der Waals surface area contributed by atoms with Crippen molar-refractivity contribution in [2.45, 2.75) is 38.8 Å². The second-order valence-electron chi connectivity index (χ2n) is 9.96. The molecule has 4 N–H and O–H groups in total. The SMILES string of the molecule is CCNC(=O)c1ccc(CN(CCc2c[nH]c3ccccc23)C2CCc3cc(C=CC(=O)NO)ccc32)cc1. The van der Waals surface area contributed by atoms with Crippen LogP contribution >= 0.6 is 0 Å². The lowest BCUT2D eigenvalue weighted by Crippen LogP contribution is -2.29. The molecule has 200 valence electrons. The van der Waals surface area contributed by atoms with Crippen molar-refractivity contribution in [3.63, 3.8) is 0 Å². The Labute approximate surface area is 228 Å². The predicted molar refractivity (Wildman–Crippen MR) is 153 cm³/mol. The van der Waals surface area contributed by atoms with Gasteiger partial charge in [-0.15, -0.1) is 0 Å². The summed E-state index contributed by atoms with van der Waals surface area (Å²) in [5.74, 6) is -0.596. The molecule has 1 aliphatic rings. The van der Waals surface area contributed by atoms with Crippen LogP contribution in [0.4, 0.5) is 0 Å². The highest BCUT2D eigenvalue weighted by atomic mass is 16.5. The normalized spacial score (nSPS) is 14.7. The number of hydroxylamine groups is 1. The van der Waals surface area contributed by atoms with Gasteiger partial charge in [0.15, 0.2) is 0 Å². The Bertz CT molecular complexity index is 1490. The minimum atomic E-state index is -0.546. The molecular formula is C32H34N4O3. The maximum Gasteiger partial charge on any atom is 0.267 e. The van der Waals surface area contributed by atoms with Gasteiger partial charge in [0.25, 0.3) is 11.8 Å². The maximum atomic E-state index is 12.2. The third kappa shape index (κ3) is 6.11. The van der Waals surface area contributed by atoms with Crippen LogP contribution in [0.3, 0.4) is 0 Å². The number of aryl methyl sites for hydroxylation is 1. The summed E-state index contributed by atoms with van der Waals surface area (Å²) in [5.41, 5.74) is 9.47. The maximum absolute atomic E-state index is 12.2. The zero-order valence-electron chi connectivity index (χ0n) is 22.1. The molecule has 4 aromatic rings. The molecule has 0 spiro atoms. The van der Waals surface area contributed by atoms with E-state index in [-0.39, 0.29) is 11.9 Å². The summed E-state index contributed by atoms with van der Waals surface area (Å²) in [6.07, 6.45) is 8.06. The van der Waals surface area contributed by atoms with Gasteiger partial charge in [0.2, 0.25) is 0 Å². The van der Waals surface area contributed by atoms with Crippen LogP contribution < -0.4 is 10.8 Å². The molecule has 7 heteroatoms. The molecule has 0 radical (unpaired) electrons. The van der Waals surface area contributed by atoms with Gasteiger partial charge >= 0.3 is 0 Å². The van der Waals surface area contributed by atoms with Gasteiger partial charge < -0.3 is 10.3 Å². The Hall–Kier alpha value is -4.20. The average molecular weight is 523 g/mol. The van der Waals surface area contributed by atoms with Crippen molar-refractivity contribution in [1.29, 1.82) is 0 Å². The standard InChI is InChI=1S/C32H34N4O3/c1-2-33-32(38)24-11-7-23(8-12-24)21-36(18-17-26-20-34-29-6-4-3-5-27(26)29)30-15-13-25-19-22(9-14-28(25)30)10-16-31(37)35-39/h3-12,14,16,19-20,30,34,39H,2,13,15,17-18,21H2,1H3,(H,33,38)(H,35,37). The summed E-state index contributed by atoms with van der Waals surface area (Å²) < 4.78 is 0. The molecule has 0 saturated carbocycles. The molecule has 1 aromatic heterocycles. The van der Waals surface area contributed by atoms with Crippen molar-refractivity contribution >= 4 is 28.8 Å². The van der Waals surface area contributed by atoms with E-state index in [0.29, 0.717) is 12.1 Å². The Kier molecular flexibility index (Phi) is 8.20. The number of aromatic nitrogens is 1. The van der Waals surface area contributed by atoms with E-state index in [2.05, 4.69) is 69.9 Å². The van der Waals surface area contributed by atoms with Crippen molar-refractivity contribution in [2.75, 3.05) is 13.1 Å². The van der Waals surface area contributed by atoms with Crippen LogP contribution in [0.5, 0.6) is 0 Å². The van der Waals surface area contributed by atoms with Crippen LogP contribution in [0.15, 0.2) is 79.0 Å². The first-order chi connectivity index (χ1) is 19.1. The molecule has 0 saturated heterocycles. The highest BCUT2D eigenvalue weighted by Crippen LogP contribution is 2.37. The number of benzene rings is 3. The number of nitrogens with zero attached hydrogens (tertiary/aromatic N) is 1. The molecule has 5 rings (SSSR count). The van der Waals surface area contributed by atoms with Crippen LogP contribution in [-0.2, 0) is 24.2 Å². The minimum Gasteiger partial charge on any atom is -0.361 e. The average Bonchev–Trinajstić information content (AvgIpc) is 3.58. The zero-order valence-corrected chi connectivity index (χ0v) is 22.1. The molecule has 1 unspecified atom stereocenters. The van der Waals surface area contributed by atoms with Crippen molar-refractivity contribution in [2.24, 2.45) is 0 Å². The van der Waals surface area contributed by atoms with E-state index in [1.54, 1.807) is 11.6 Å². The zero-order chi connectivity index (χ0) is 27.2. The van der Waals surface area contributed by atoms with E-state index in [1.807, 2.05) is 25.1 Å². The van der Waals surface area contributed by atoms with E-state index in [4.69, 9.17) is 5.21 Å². The number of carbonyl (C=O) groups excluding carboxylic acids is 2. The fourth-order valence-corrected chi connectivity index (χ4v) is 5.51. The molecule has 7 nitrogen and oxygen atoms in total. The molecule has 2 amide bonds. The van der Waals surface area contributed by atoms with Gasteiger partial charge in [-0.25, -0.2) is 5.48 Å². The topological polar surface area (TPSA) is 97.5 Å². The number of para-hydroxylation sites is 1. The molecular weight excluding hydrogens is 488 g/mol. The quantitative estimate of drug-likeness (QED) is 0.131. The fourth-order valence-electron chi connectivity index (χ4n) is 5.51. The van der Waals surface area contributed by atoms with E-state index in [9.17, 15) is 9.59 Å². The van der Waals surface area contributed by atoms with E-state index in [1.165, 1.54) is 33.7 Å². The number of aromatic amines is 1. The Morgan fingerprint density at radius 1 is 1.10 bits per heavy atom. The summed E-state index contributed by atoms with van der Waals surface area (Å²) in [7, 11) is 0. The molecule has 1 heterocycles. The van der Waals surface area contributed by atoms with Gasteiger partial charge in [-0.1, -0.05) is 48.5 Å². The van der Waals surface area contributed by atoms with Gasteiger partial charge in [-0.3, -0.25) is 19.7 Å². The Morgan fingerprint density at radius 2 is 1.92 bits per heavy atom. The van der Waals surface area contributed by atoms with Gasteiger partial charge in [0.1, 0.15) is 0 Å². The highest BCUT2D eigenvalue weighted by molar-refractivity contribution is 5.94. The fraction of sp³-hybridized carbons (Fsp3) is 0.250. The largest absolute Gasteiger partial charge is 0.361 e. The number of nitrogens with one attached hydrogen (secondary N) is 3. The lowest BCUT2D eigenvalue weighted by molar-refractivity contribution is -0.124.